The van der Waals surface area contributed by atoms with Crippen LogP contribution >= 0.6 is 0 Å². The number of rotatable bonds is 4. The first-order chi connectivity index (χ1) is 7.70. The molecule has 0 unspecified atom stereocenters. The van der Waals surface area contributed by atoms with Crippen molar-refractivity contribution in [1.29, 1.82) is 0 Å². The second-order valence-electron chi connectivity index (χ2n) is 5.73. The Hall–Kier alpha value is -0.120. The first kappa shape index (κ1) is 12.3. The van der Waals surface area contributed by atoms with Crippen molar-refractivity contribution in [3.63, 3.8) is 0 Å². The minimum absolute atomic E-state index is 0.304. The molecule has 0 spiro atoms. The Morgan fingerprint density at radius 3 is 2.25 bits per heavy atom. The Morgan fingerprint density at radius 1 is 1.12 bits per heavy atom. The normalized spacial score (nSPS) is 33.0. The molecule has 3 heteroatoms. The standard InChI is InChI=1S/C13H26N2O/c1-11(2)12-9-13(10-12)15-5-3-14(4-6-15)7-8-16/h11-13,16H,3-10H2,1-2H3. The summed E-state index contributed by atoms with van der Waals surface area (Å²) in [5.74, 6) is 1.84. The van der Waals surface area contributed by atoms with Crippen molar-refractivity contribution in [3.05, 3.63) is 0 Å². The summed E-state index contributed by atoms with van der Waals surface area (Å²) in [5.41, 5.74) is 0. The zero-order valence-electron chi connectivity index (χ0n) is 10.7. The molecule has 0 atom stereocenters. The minimum Gasteiger partial charge on any atom is -0.395 e. The van der Waals surface area contributed by atoms with Crippen LogP contribution in [-0.4, -0.2) is 60.3 Å². The molecule has 1 saturated heterocycles. The molecule has 0 aromatic heterocycles. The van der Waals surface area contributed by atoms with Crippen molar-refractivity contribution in [2.45, 2.75) is 32.7 Å². The Morgan fingerprint density at radius 2 is 1.75 bits per heavy atom. The molecule has 94 valence electrons. The van der Waals surface area contributed by atoms with E-state index in [4.69, 9.17) is 5.11 Å². The van der Waals surface area contributed by atoms with Crippen LogP contribution in [0.4, 0.5) is 0 Å². The van der Waals surface area contributed by atoms with Gasteiger partial charge in [0.2, 0.25) is 0 Å². The third kappa shape index (κ3) is 2.76. The zero-order chi connectivity index (χ0) is 11.5. The van der Waals surface area contributed by atoms with Gasteiger partial charge >= 0.3 is 0 Å². The number of aliphatic hydroxyl groups is 1. The van der Waals surface area contributed by atoms with Crippen molar-refractivity contribution in [1.82, 2.24) is 9.80 Å². The summed E-state index contributed by atoms with van der Waals surface area (Å²) < 4.78 is 0. The predicted molar refractivity (Wildman–Crippen MR) is 66.4 cm³/mol. The molecule has 2 rings (SSSR count). The summed E-state index contributed by atoms with van der Waals surface area (Å²) in [6, 6.07) is 0.865. The zero-order valence-corrected chi connectivity index (χ0v) is 10.7. The van der Waals surface area contributed by atoms with Gasteiger partial charge in [-0.15, -0.1) is 0 Å². The molecule has 0 bridgehead atoms. The van der Waals surface area contributed by atoms with E-state index in [1.165, 1.54) is 25.9 Å². The Balaban J connectivity index is 1.67. The van der Waals surface area contributed by atoms with E-state index < -0.39 is 0 Å². The second kappa shape index (κ2) is 5.48. The van der Waals surface area contributed by atoms with Gasteiger partial charge in [-0.2, -0.15) is 0 Å². The molecule has 0 amide bonds. The summed E-state index contributed by atoms with van der Waals surface area (Å²) in [7, 11) is 0. The van der Waals surface area contributed by atoms with Crippen molar-refractivity contribution in [2.75, 3.05) is 39.3 Å². The maximum absolute atomic E-state index is 8.89. The maximum Gasteiger partial charge on any atom is 0.0558 e. The van der Waals surface area contributed by atoms with E-state index >= 15 is 0 Å². The van der Waals surface area contributed by atoms with Crippen LogP contribution in [0.3, 0.4) is 0 Å². The van der Waals surface area contributed by atoms with Crippen LogP contribution in [0.1, 0.15) is 26.7 Å². The average Bonchev–Trinajstić information content (AvgIpc) is 2.18. The van der Waals surface area contributed by atoms with E-state index in [0.717, 1.165) is 37.5 Å². The molecular formula is C13H26N2O. The predicted octanol–water partition coefficient (Wildman–Crippen LogP) is 1.03. The number of piperazine rings is 1. The molecular weight excluding hydrogens is 200 g/mol. The summed E-state index contributed by atoms with van der Waals surface area (Å²) in [5, 5.41) is 8.89. The maximum atomic E-state index is 8.89. The molecule has 0 radical (unpaired) electrons. The van der Waals surface area contributed by atoms with Gasteiger partial charge in [-0.25, -0.2) is 0 Å². The van der Waals surface area contributed by atoms with E-state index in [1.54, 1.807) is 0 Å². The lowest BCUT2D eigenvalue weighted by atomic mass is 9.73. The SMILES string of the molecule is CC(C)C1CC(N2CCN(CCO)CC2)C1. The first-order valence-electron chi connectivity index (χ1n) is 6.78. The second-order valence-corrected chi connectivity index (χ2v) is 5.73. The molecule has 1 aliphatic heterocycles. The summed E-state index contributed by atoms with van der Waals surface area (Å²) in [4.78, 5) is 5.03. The van der Waals surface area contributed by atoms with Crippen LogP contribution in [-0.2, 0) is 0 Å². The van der Waals surface area contributed by atoms with Gasteiger partial charge in [-0.05, 0) is 24.7 Å². The van der Waals surface area contributed by atoms with Gasteiger partial charge in [0.05, 0.1) is 6.61 Å². The van der Waals surface area contributed by atoms with Crippen LogP contribution in [0.2, 0.25) is 0 Å². The van der Waals surface area contributed by atoms with E-state index in [1.807, 2.05) is 0 Å². The van der Waals surface area contributed by atoms with Crippen LogP contribution < -0.4 is 0 Å². The molecule has 1 N–H and O–H groups in total. The largest absolute Gasteiger partial charge is 0.395 e. The van der Waals surface area contributed by atoms with Gasteiger partial charge in [0.1, 0.15) is 0 Å². The topological polar surface area (TPSA) is 26.7 Å². The van der Waals surface area contributed by atoms with Gasteiger partial charge in [-0.3, -0.25) is 9.80 Å². The molecule has 1 heterocycles. The van der Waals surface area contributed by atoms with Gasteiger partial charge < -0.3 is 5.11 Å². The molecule has 3 nitrogen and oxygen atoms in total. The summed E-state index contributed by atoms with van der Waals surface area (Å²) in [6.45, 7) is 10.5. The quantitative estimate of drug-likeness (QED) is 0.775. The average molecular weight is 226 g/mol. The highest BCUT2D eigenvalue weighted by Crippen LogP contribution is 2.37. The van der Waals surface area contributed by atoms with Crippen LogP contribution in [0.5, 0.6) is 0 Å². The fourth-order valence-corrected chi connectivity index (χ4v) is 2.97. The highest BCUT2D eigenvalue weighted by atomic mass is 16.3. The number of hydrogen-bond acceptors (Lipinski definition) is 3. The molecule has 16 heavy (non-hydrogen) atoms. The lowest BCUT2D eigenvalue weighted by Crippen LogP contribution is -2.54. The Bertz CT molecular complexity index is 206. The van der Waals surface area contributed by atoms with E-state index in [9.17, 15) is 0 Å². The number of β-amino-alcohol motifs (C(OH)–C–C–N with tert-alkyl or cyclic N) is 1. The third-order valence-corrected chi connectivity index (χ3v) is 4.43. The molecule has 2 aliphatic rings. The van der Waals surface area contributed by atoms with Crippen LogP contribution in [0.15, 0.2) is 0 Å². The van der Waals surface area contributed by atoms with Gasteiger partial charge in [0.25, 0.3) is 0 Å². The number of hydrogen-bond donors (Lipinski definition) is 1. The van der Waals surface area contributed by atoms with E-state index in [-0.39, 0.29) is 0 Å². The smallest absolute Gasteiger partial charge is 0.0558 e. The van der Waals surface area contributed by atoms with Crippen molar-refractivity contribution >= 4 is 0 Å². The highest BCUT2D eigenvalue weighted by Gasteiger charge is 2.35. The molecule has 0 aromatic rings. The third-order valence-electron chi connectivity index (χ3n) is 4.43. The Labute approximate surface area is 99.4 Å². The van der Waals surface area contributed by atoms with Crippen molar-refractivity contribution < 1.29 is 5.11 Å². The van der Waals surface area contributed by atoms with Gasteiger partial charge in [0.15, 0.2) is 0 Å². The molecule has 0 aromatic carbocycles. The fraction of sp³-hybridized carbons (Fsp3) is 1.00. The van der Waals surface area contributed by atoms with Crippen LogP contribution in [0, 0.1) is 11.8 Å². The van der Waals surface area contributed by atoms with E-state index in [0.29, 0.717) is 6.61 Å². The minimum atomic E-state index is 0.304. The monoisotopic (exact) mass is 226 g/mol. The summed E-state index contributed by atoms with van der Waals surface area (Å²) >= 11 is 0. The molecule has 1 aliphatic carbocycles. The lowest BCUT2D eigenvalue weighted by molar-refractivity contribution is 0.0161. The van der Waals surface area contributed by atoms with Gasteiger partial charge in [-0.1, -0.05) is 13.8 Å². The van der Waals surface area contributed by atoms with Gasteiger partial charge in [0, 0.05) is 38.8 Å². The highest BCUT2D eigenvalue weighted by molar-refractivity contribution is 4.90. The molecule has 2 fully saturated rings. The van der Waals surface area contributed by atoms with Crippen molar-refractivity contribution in [2.24, 2.45) is 11.8 Å². The molecule has 1 saturated carbocycles. The Kier molecular flexibility index (Phi) is 4.22. The van der Waals surface area contributed by atoms with E-state index in [2.05, 4.69) is 23.6 Å². The van der Waals surface area contributed by atoms with Crippen LogP contribution in [0.25, 0.3) is 0 Å². The lowest BCUT2D eigenvalue weighted by Gasteiger charge is -2.47. The number of nitrogens with zero attached hydrogens (tertiary/aromatic N) is 2. The number of aliphatic hydroxyl groups excluding tert-OH is 1. The fourth-order valence-electron chi connectivity index (χ4n) is 2.97. The summed E-state index contributed by atoms with van der Waals surface area (Å²) in [6.07, 6.45) is 2.83. The van der Waals surface area contributed by atoms with Crippen molar-refractivity contribution in [3.8, 4) is 0 Å². The first-order valence-corrected chi connectivity index (χ1v) is 6.78.